The molecule has 1 amide bonds. The average molecular weight is 292 g/mol. The molecular formula is C15H20N2O4. The summed E-state index contributed by atoms with van der Waals surface area (Å²) in [7, 11) is 0. The standard InChI is InChI=1S/C15H20N2O4/c1-3-21-15(20)11-5-4-6-17(9-11)14(19)12-8-16-10(2)7-13(12)18/h7-8,11H,3-6,9H2,1-2H3,(H,16,18)/t11-/m0/s1. The van der Waals surface area contributed by atoms with E-state index in [4.69, 9.17) is 4.74 Å². The summed E-state index contributed by atoms with van der Waals surface area (Å²) in [5.74, 6) is -0.898. The quantitative estimate of drug-likeness (QED) is 0.846. The van der Waals surface area contributed by atoms with Crippen LogP contribution < -0.4 is 5.43 Å². The number of esters is 1. The Labute approximate surface area is 123 Å². The van der Waals surface area contributed by atoms with Crippen LogP contribution in [0.4, 0.5) is 0 Å². The molecule has 0 unspecified atom stereocenters. The third-order valence-corrected chi connectivity index (χ3v) is 3.62. The van der Waals surface area contributed by atoms with Crippen LogP contribution in [-0.2, 0) is 9.53 Å². The van der Waals surface area contributed by atoms with E-state index in [0.29, 0.717) is 31.8 Å². The number of carbonyl (C=O) groups excluding carboxylic acids is 2. The van der Waals surface area contributed by atoms with Crippen LogP contribution >= 0.6 is 0 Å². The molecule has 0 saturated carbocycles. The van der Waals surface area contributed by atoms with Crippen molar-refractivity contribution in [3.63, 3.8) is 0 Å². The van der Waals surface area contributed by atoms with Crippen LogP contribution in [0.25, 0.3) is 0 Å². The van der Waals surface area contributed by atoms with Crippen molar-refractivity contribution < 1.29 is 14.3 Å². The van der Waals surface area contributed by atoms with E-state index in [1.54, 1.807) is 18.7 Å². The number of hydrogen-bond donors (Lipinski definition) is 1. The lowest BCUT2D eigenvalue weighted by molar-refractivity contribution is -0.149. The first-order valence-corrected chi connectivity index (χ1v) is 7.18. The van der Waals surface area contributed by atoms with Crippen molar-refractivity contribution in [2.45, 2.75) is 26.7 Å². The summed E-state index contributed by atoms with van der Waals surface area (Å²) in [5, 5.41) is 0. The van der Waals surface area contributed by atoms with Crippen molar-refractivity contribution in [2.75, 3.05) is 19.7 Å². The number of H-pyrrole nitrogens is 1. The topological polar surface area (TPSA) is 79.5 Å². The van der Waals surface area contributed by atoms with Crippen LogP contribution in [0, 0.1) is 12.8 Å². The molecule has 0 radical (unpaired) electrons. The number of aromatic amines is 1. The highest BCUT2D eigenvalue weighted by molar-refractivity contribution is 5.94. The second-order valence-corrected chi connectivity index (χ2v) is 5.24. The molecule has 21 heavy (non-hydrogen) atoms. The molecule has 0 aliphatic carbocycles. The van der Waals surface area contributed by atoms with E-state index in [-0.39, 0.29) is 28.8 Å². The zero-order valence-corrected chi connectivity index (χ0v) is 12.3. The Hall–Kier alpha value is -2.11. The van der Waals surface area contributed by atoms with Gasteiger partial charge in [-0.05, 0) is 26.7 Å². The third kappa shape index (κ3) is 3.51. The lowest BCUT2D eigenvalue weighted by Gasteiger charge is -2.31. The Morgan fingerprint density at radius 3 is 2.90 bits per heavy atom. The summed E-state index contributed by atoms with van der Waals surface area (Å²) in [4.78, 5) is 40.5. The highest BCUT2D eigenvalue weighted by Gasteiger charge is 2.30. The molecular weight excluding hydrogens is 272 g/mol. The Kier molecular flexibility index (Phi) is 4.77. The zero-order valence-electron chi connectivity index (χ0n) is 12.3. The molecule has 0 aromatic carbocycles. The number of pyridine rings is 1. The van der Waals surface area contributed by atoms with E-state index in [0.717, 1.165) is 6.42 Å². The fourth-order valence-electron chi connectivity index (χ4n) is 2.52. The SMILES string of the molecule is CCOC(=O)[C@H]1CCCN(C(=O)c2c[nH]c(C)cc2=O)C1. The molecule has 1 atom stereocenters. The molecule has 1 N–H and O–H groups in total. The minimum absolute atomic E-state index is 0.116. The van der Waals surface area contributed by atoms with Crippen molar-refractivity contribution in [1.82, 2.24) is 9.88 Å². The molecule has 0 spiro atoms. The van der Waals surface area contributed by atoms with Gasteiger partial charge in [-0.25, -0.2) is 0 Å². The number of aromatic nitrogens is 1. The molecule has 1 fully saturated rings. The van der Waals surface area contributed by atoms with Crippen LogP contribution in [0.3, 0.4) is 0 Å². The van der Waals surface area contributed by atoms with Crippen LogP contribution in [-0.4, -0.2) is 41.5 Å². The maximum absolute atomic E-state index is 12.4. The van der Waals surface area contributed by atoms with E-state index in [9.17, 15) is 14.4 Å². The van der Waals surface area contributed by atoms with Gasteiger partial charge in [-0.1, -0.05) is 0 Å². The van der Waals surface area contributed by atoms with Gasteiger partial charge in [-0.2, -0.15) is 0 Å². The van der Waals surface area contributed by atoms with E-state index in [2.05, 4.69) is 4.98 Å². The fourth-order valence-corrected chi connectivity index (χ4v) is 2.52. The van der Waals surface area contributed by atoms with Crippen molar-refractivity contribution in [2.24, 2.45) is 5.92 Å². The second kappa shape index (κ2) is 6.56. The Morgan fingerprint density at radius 1 is 1.48 bits per heavy atom. The number of nitrogens with one attached hydrogen (secondary N) is 1. The molecule has 2 heterocycles. The number of hydrogen-bond acceptors (Lipinski definition) is 4. The average Bonchev–Trinajstić information content (AvgIpc) is 2.47. The van der Waals surface area contributed by atoms with E-state index in [1.165, 1.54) is 12.3 Å². The zero-order chi connectivity index (χ0) is 15.4. The van der Waals surface area contributed by atoms with Gasteiger partial charge in [0.05, 0.1) is 12.5 Å². The lowest BCUT2D eigenvalue weighted by Crippen LogP contribution is -2.44. The number of amides is 1. The van der Waals surface area contributed by atoms with Gasteiger partial charge in [-0.3, -0.25) is 14.4 Å². The van der Waals surface area contributed by atoms with Crippen molar-refractivity contribution >= 4 is 11.9 Å². The molecule has 6 nitrogen and oxygen atoms in total. The van der Waals surface area contributed by atoms with Gasteiger partial charge in [0.1, 0.15) is 5.56 Å². The molecule has 1 aliphatic rings. The monoisotopic (exact) mass is 292 g/mol. The number of piperidine rings is 1. The number of ether oxygens (including phenoxy) is 1. The number of carbonyl (C=O) groups is 2. The first-order valence-electron chi connectivity index (χ1n) is 7.18. The molecule has 1 aromatic rings. The van der Waals surface area contributed by atoms with Crippen molar-refractivity contribution in [3.8, 4) is 0 Å². The normalized spacial score (nSPS) is 18.4. The van der Waals surface area contributed by atoms with Crippen LogP contribution in [0.5, 0.6) is 0 Å². The predicted molar refractivity (Wildman–Crippen MR) is 77.1 cm³/mol. The molecule has 1 aliphatic heterocycles. The van der Waals surface area contributed by atoms with Gasteiger partial charge in [0, 0.05) is 31.0 Å². The van der Waals surface area contributed by atoms with E-state index >= 15 is 0 Å². The summed E-state index contributed by atoms with van der Waals surface area (Å²) in [6.07, 6.45) is 2.89. The Morgan fingerprint density at radius 2 is 2.24 bits per heavy atom. The highest BCUT2D eigenvalue weighted by Crippen LogP contribution is 2.19. The summed E-state index contributed by atoms with van der Waals surface area (Å²) >= 11 is 0. The van der Waals surface area contributed by atoms with Crippen LogP contribution in [0.15, 0.2) is 17.1 Å². The van der Waals surface area contributed by atoms with Gasteiger partial charge in [0.25, 0.3) is 5.91 Å². The van der Waals surface area contributed by atoms with Gasteiger partial charge in [0.15, 0.2) is 5.43 Å². The Balaban J connectivity index is 2.12. The fraction of sp³-hybridized carbons (Fsp3) is 0.533. The van der Waals surface area contributed by atoms with Crippen molar-refractivity contribution in [3.05, 3.63) is 33.7 Å². The molecule has 1 saturated heterocycles. The molecule has 6 heteroatoms. The van der Waals surface area contributed by atoms with Gasteiger partial charge >= 0.3 is 5.97 Å². The second-order valence-electron chi connectivity index (χ2n) is 5.24. The maximum Gasteiger partial charge on any atom is 0.310 e. The summed E-state index contributed by atoms with van der Waals surface area (Å²) < 4.78 is 5.01. The lowest BCUT2D eigenvalue weighted by atomic mass is 9.97. The number of aryl methyl sites for hydroxylation is 1. The summed E-state index contributed by atoms with van der Waals surface area (Å²) in [6, 6.07) is 1.40. The van der Waals surface area contributed by atoms with Crippen LogP contribution in [0.1, 0.15) is 35.8 Å². The van der Waals surface area contributed by atoms with E-state index in [1.807, 2.05) is 0 Å². The minimum Gasteiger partial charge on any atom is -0.466 e. The Bertz CT molecular complexity index is 594. The number of rotatable bonds is 3. The maximum atomic E-state index is 12.4. The predicted octanol–water partition coefficient (Wildman–Crippen LogP) is 1.10. The van der Waals surface area contributed by atoms with Gasteiger partial charge < -0.3 is 14.6 Å². The molecule has 0 bridgehead atoms. The summed E-state index contributed by atoms with van der Waals surface area (Å²) in [5.41, 5.74) is 0.527. The first-order chi connectivity index (χ1) is 10.0. The number of nitrogens with zero attached hydrogens (tertiary/aromatic N) is 1. The summed E-state index contributed by atoms with van der Waals surface area (Å²) in [6.45, 7) is 4.72. The molecule has 114 valence electrons. The van der Waals surface area contributed by atoms with Crippen LogP contribution in [0.2, 0.25) is 0 Å². The van der Waals surface area contributed by atoms with E-state index < -0.39 is 0 Å². The third-order valence-electron chi connectivity index (χ3n) is 3.62. The smallest absolute Gasteiger partial charge is 0.310 e. The largest absolute Gasteiger partial charge is 0.466 e. The highest BCUT2D eigenvalue weighted by atomic mass is 16.5. The molecule has 2 rings (SSSR count). The van der Waals surface area contributed by atoms with Gasteiger partial charge in [-0.15, -0.1) is 0 Å². The molecule has 1 aromatic heterocycles. The first kappa shape index (κ1) is 15.3. The number of likely N-dealkylation sites (tertiary alicyclic amines) is 1. The minimum atomic E-state index is -0.328. The van der Waals surface area contributed by atoms with Crippen molar-refractivity contribution in [1.29, 1.82) is 0 Å². The van der Waals surface area contributed by atoms with Gasteiger partial charge in [0.2, 0.25) is 0 Å².